The minimum Gasteiger partial charge on any atom is -0.431 e. The van der Waals surface area contributed by atoms with Gasteiger partial charge >= 0.3 is 5.63 Å². The van der Waals surface area contributed by atoms with Gasteiger partial charge in [-0.25, -0.2) is 4.79 Å². The molecule has 2 heteroatoms. The fourth-order valence-electron chi connectivity index (χ4n) is 2.17. The van der Waals surface area contributed by atoms with Crippen molar-refractivity contribution in [3.05, 3.63) is 69.8 Å². The van der Waals surface area contributed by atoms with E-state index in [9.17, 15) is 4.79 Å². The molecule has 94 valence electrons. The Bertz CT molecular complexity index is 552. The maximum Gasteiger partial charge on any atom is 0.339 e. The molecular formula is C16H18O2. The molecule has 0 N–H and O–H groups in total. The van der Waals surface area contributed by atoms with E-state index in [-0.39, 0.29) is 11.5 Å². The van der Waals surface area contributed by atoms with Gasteiger partial charge in [-0.2, -0.15) is 0 Å². The van der Waals surface area contributed by atoms with E-state index in [1.54, 1.807) is 6.07 Å². The normalized spacial score (nSPS) is 12.3. The van der Waals surface area contributed by atoms with Gasteiger partial charge in [0.25, 0.3) is 0 Å². The summed E-state index contributed by atoms with van der Waals surface area (Å²) in [6.07, 6.45) is 3.25. The first-order valence-corrected chi connectivity index (χ1v) is 6.34. The SMILES string of the molecule is CCC(Cc1ccc(C)cc1)c1cccoc1=O. The van der Waals surface area contributed by atoms with Crippen LogP contribution in [-0.4, -0.2) is 0 Å². The molecule has 0 saturated carbocycles. The van der Waals surface area contributed by atoms with Crippen LogP contribution in [0.3, 0.4) is 0 Å². The van der Waals surface area contributed by atoms with Gasteiger partial charge in [0.05, 0.1) is 6.26 Å². The second-order valence-corrected chi connectivity index (χ2v) is 4.65. The van der Waals surface area contributed by atoms with Crippen LogP contribution in [0.25, 0.3) is 0 Å². The minimum absolute atomic E-state index is 0.212. The largest absolute Gasteiger partial charge is 0.431 e. The maximum atomic E-state index is 11.7. The highest BCUT2D eigenvalue weighted by Gasteiger charge is 2.14. The Balaban J connectivity index is 2.22. The molecular weight excluding hydrogens is 224 g/mol. The highest BCUT2D eigenvalue weighted by Crippen LogP contribution is 2.21. The zero-order chi connectivity index (χ0) is 13.0. The van der Waals surface area contributed by atoms with Gasteiger partial charge in [0.1, 0.15) is 0 Å². The van der Waals surface area contributed by atoms with Crippen molar-refractivity contribution in [3.63, 3.8) is 0 Å². The van der Waals surface area contributed by atoms with Crippen LogP contribution in [-0.2, 0) is 6.42 Å². The third kappa shape index (κ3) is 2.89. The van der Waals surface area contributed by atoms with Crippen molar-refractivity contribution in [2.24, 2.45) is 0 Å². The maximum absolute atomic E-state index is 11.7. The van der Waals surface area contributed by atoms with Crippen LogP contribution in [0.4, 0.5) is 0 Å². The second kappa shape index (κ2) is 5.67. The molecule has 18 heavy (non-hydrogen) atoms. The molecule has 1 unspecified atom stereocenters. The lowest BCUT2D eigenvalue weighted by Crippen LogP contribution is -2.13. The molecule has 0 amide bonds. The van der Waals surface area contributed by atoms with Crippen molar-refractivity contribution >= 4 is 0 Å². The molecule has 2 aromatic rings. The zero-order valence-corrected chi connectivity index (χ0v) is 10.8. The van der Waals surface area contributed by atoms with Crippen molar-refractivity contribution < 1.29 is 4.42 Å². The number of aryl methyl sites for hydroxylation is 1. The highest BCUT2D eigenvalue weighted by atomic mass is 16.4. The fourth-order valence-corrected chi connectivity index (χ4v) is 2.17. The molecule has 0 aliphatic carbocycles. The van der Waals surface area contributed by atoms with Gasteiger partial charge in [0.2, 0.25) is 0 Å². The Labute approximate surface area is 107 Å². The van der Waals surface area contributed by atoms with Gasteiger partial charge in [0, 0.05) is 5.56 Å². The quantitative estimate of drug-likeness (QED) is 0.818. The van der Waals surface area contributed by atoms with E-state index >= 15 is 0 Å². The second-order valence-electron chi connectivity index (χ2n) is 4.65. The monoisotopic (exact) mass is 242 g/mol. The van der Waals surface area contributed by atoms with Gasteiger partial charge in [-0.15, -0.1) is 0 Å². The van der Waals surface area contributed by atoms with E-state index in [2.05, 4.69) is 38.1 Å². The summed E-state index contributed by atoms with van der Waals surface area (Å²) in [7, 11) is 0. The van der Waals surface area contributed by atoms with Crippen LogP contribution >= 0.6 is 0 Å². The lowest BCUT2D eigenvalue weighted by Gasteiger charge is -2.13. The lowest BCUT2D eigenvalue weighted by atomic mass is 9.91. The molecule has 1 heterocycles. The Hall–Kier alpha value is -1.83. The zero-order valence-electron chi connectivity index (χ0n) is 10.8. The first kappa shape index (κ1) is 12.6. The molecule has 0 fully saturated rings. The molecule has 0 aliphatic heterocycles. The predicted molar refractivity (Wildman–Crippen MR) is 72.9 cm³/mol. The summed E-state index contributed by atoms with van der Waals surface area (Å²) in [6, 6.07) is 12.1. The van der Waals surface area contributed by atoms with Crippen LogP contribution in [0, 0.1) is 6.92 Å². The number of rotatable bonds is 4. The standard InChI is InChI=1S/C16H18O2/c1-3-14(15-5-4-10-18-16(15)17)11-13-8-6-12(2)7-9-13/h4-10,14H,3,11H2,1-2H3. The highest BCUT2D eigenvalue weighted by molar-refractivity contribution is 5.24. The van der Waals surface area contributed by atoms with E-state index in [1.807, 2.05) is 6.07 Å². The van der Waals surface area contributed by atoms with Crippen LogP contribution in [0.5, 0.6) is 0 Å². The van der Waals surface area contributed by atoms with Crippen LogP contribution in [0.15, 0.2) is 51.9 Å². The summed E-state index contributed by atoms with van der Waals surface area (Å²) in [6.45, 7) is 4.18. The molecule has 0 saturated heterocycles. The van der Waals surface area contributed by atoms with E-state index < -0.39 is 0 Å². The Morgan fingerprint density at radius 3 is 2.50 bits per heavy atom. The van der Waals surface area contributed by atoms with E-state index in [0.29, 0.717) is 0 Å². The molecule has 2 rings (SSSR count). The summed E-state index contributed by atoms with van der Waals surface area (Å²) in [4.78, 5) is 11.7. The molecule has 1 atom stereocenters. The van der Waals surface area contributed by atoms with E-state index in [4.69, 9.17) is 4.42 Å². The molecule has 2 nitrogen and oxygen atoms in total. The fraction of sp³-hybridized carbons (Fsp3) is 0.312. The van der Waals surface area contributed by atoms with Crippen molar-refractivity contribution in [1.29, 1.82) is 0 Å². The molecule has 0 radical (unpaired) electrons. The number of hydrogen-bond donors (Lipinski definition) is 0. The summed E-state index contributed by atoms with van der Waals surface area (Å²) in [5.74, 6) is 0.227. The van der Waals surface area contributed by atoms with Crippen LogP contribution < -0.4 is 5.63 Å². The molecule has 1 aromatic heterocycles. The third-order valence-corrected chi connectivity index (χ3v) is 3.30. The van der Waals surface area contributed by atoms with Crippen molar-refractivity contribution in [1.82, 2.24) is 0 Å². The van der Waals surface area contributed by atoms with Crippen LogP contribution in [0.1, 0.15) is 36.0 Å². The van der Waals surface area contributed by atoms with Crippen molar-refractivity contribution in [3.8, 4) is 0 Å². The number of hydrogen-bond acceptors (Lipinski definition) is 2. The average Bonchev–Trinajstić information content (AvgIpc) is 2.39. The summed E-state index contributed by atoms with van der Waals surface area (Å²) < 4.78 is 4.94. The van der Waals surface area contributed by atoms with Crippen LogP contribution in [0.2, 0.25) is 0 Å². The molecule has 1 aromatic carbocycles. The molecule has 0 bridgehead atoms. The first-order valence-electron chi connectivity index (χ1n) is 6.34. The van der Waals surface area contributed by atoms with E-state index in [0.717, 1.165) is 18.4 Å². The summed E-state index contributed by atoms with van der Waals surface area (Å²) >= 11 is 0. The van der Waals surface area contributed by atoms with Crippen molar-refractivity contribution in [2.45, 2.75) is 32.6 Å². The summed E-state index contributed by atoms with van der Waals surface area (Å²) in [5, 5.41) is 0. The van der Waals surface area contributed by atoms with Gasteiger partial charge in [0.15, 0.2) is 0 Å². The Kier molecular flexibility index (Phi) is 3.98. The van der Waals surface area contributed by atoms with Gasteiger partial charge < -0.3 is 4.42 Å². The lowest BCUT2D eigenvalue weighted by molar-refractivity contribution is 0.487. The topological polar surface area (TPSA) is 30.2 Å². The average molecular weight is 242 g/mol. The van der Waals surface area contributed by atoms with Crippen molar-refractivity contribution in [2.75, 3.05) is 0 Å². The summed E-state index contributed by atoms with van der Waals surface area (Å²) in [5.41, 5.74) is 3.08. The molecule has 0 spiro atoms. The Morgan fingerprint density at radius 1 is 1.17 bits per heavy atom. The Morgan fingerprint density at radius 2 is 1.89 bits per heavy atom. The van der Waals surface area contributed by atoms with Gasteiger partial charge in [-0.05, 0) is 43.4 Å². The number of benzene rings is 1. The van der Waals surface area contributed by atoms with E-state index in [1.165, 1.54) is 17.4 Å². The predicted octanol–water partition coefficient (Wildman–Crippen LogP) is 3.68. The smallest absolute Gasteiger partial charge is 0.339 e. The minimum atomic E-state index is -0.212. The molecule has 0 aliphatic rings. The third-order valence-electron chi connectivity index (χ3n) is 3.30. The first-order chi connectivity index (χ1) is 8.70. The van der Waals surface area contributed by atoms with Gasteiger partial charge in [-0.3, -0.25) is 0 Å². The van der Waals surface area contributed by atoms with Gasteiger partial charge in [-0.1, -0.05) is 36.8 Å².